The van der Waals surface area contributed by atoms with Gasteiger partial charge >= 0.3 is 0 Å². The standard InChI is InChI=1S/C15H26.C8H18.2C2H6/c1-7-13(4)9-11-15(6)14(5)10-8-12(2)3;1-4-6-7-8(3)5-2;2*1-2/h8,10,13,15H,2,5,7,9,11H2,1,3-4,6H3;8H,4-7H2,1-3H3;2*1-2H3/b10-8-;;;. The minimum Gasteiger partial charge on any atom is -0.0961 e. The average Bonchev–Trinajstić information content (AvgIpc) is 2.71. The molecule has 0 bridgehead atoms. The molecule has 0 aromatic heterocycles. The Labute approximate surface area is 175 Å². The molecule has 0 fully saturated rings. The topological polar surface area (TPSA) is 0 Å². The first-order valence-electron chi connectivity index (χ1n) is 11.8. The molecule has 0 amide bonds. The summed E-state index contributed by atoms with van der Waals surface area (Å²) >= 11 is 0. The van der Waals surface area contributed by atoms with E-state index in [0.717, 1.165) is 17.4 Å². The number of hydrogen-bond donors (Lipinski definition) is 0. The van der Waals surface area contributed by atoms with Gasteiger partial charge in [0.2, 0.25) is 0 Å². The van der Waals surface area contributed by atoms with Crippen LogP contribution in [0.15, 0.2) is 36.5 Å². The Bertz CT molecular complexity index is 321. The van der Waals surface area contributed by atoms with Crippen LogP contribution in [0, 0.1) is 17.8 Å². The van der Waals surface area contributed by atoms with Gasteiger partial charge in [0.05, 0.1) is 0 Å². The van der Waals surface area contributed by atoms with Gasteiger partial charge in [-0.05, 0) is 31.1 Å². The highest BCUT2D eigenvalue weighted by Gasteiger charge is 2.06. The fourth-order valence-corrected chi connectivity index (χ4v) is 2.09. The van der Waals surface area contributed by atoms with Crippen LogP contribution in [0.4, 0.5) is 0 Å². The van der Waals surface area contributed by atoms with Gasteiger partial charge in [-0.2, -0.15) is 0 Å². The SMILES string of the molecule is C=C(C)/C=C\C(=C)C(C)CCC(C)CC.CC.CC.CCCCC(C)CC. The van der Waals surface area contributed by atoms with Crippen molar-refractivity contribution in [1.82, 2.24) is 0 Å². The van der Waals surface area contributed by atoms with E-state index in [4.69, 9.17) is 0 Å². The van der Waals surface area contributed by atoms with Crippen LogP contribution in [-0.4, -0.2) is 0 Å². The van der Waals surface area contributed by atoms with Crippen LogP contribution in [0.5, 0.6) is 0 Å². The lowest BCUT2D eigenvalue weighted by Crippen LogP contribution is -2.00. The van der Waals surface area contributed by atoms with Crippen LogP contribution in [0.1, 0.15) is 121 Å². The Balaban J connectivity index is -0.000000186. The highest BCUT2D eigenvalue weighted by atomic mass is 14.1. The minimum absolute atomic E-state index is 0.592. The van der Waals surface area contributed by atoms with E-state index < -0.39 is 0 Å². The molecule has 0 heterocycles. The summed E-state index contributed by atoms with van der Waals surface area (Å²) in [6, 6.07) is 0. The van der Waals surface area contributed by atoms with Gasteiger partial charge in [-0.1, -0.05) is 144 Å². The van der Waals surface area contributed by atoms with Gasteiger partial charge in [0.1, 0.15) is 0 Å². The lowest BCUT2D eigenvalue weighted by Gasteiger charge is -2.14. The molecule has 0 rings (SSSR count). The minimum atomic E-state index is 0.592. The first kappa shape index (κ1) is 33.8. The molecule has 0 aromatic carbocycles. The molecular formula is C27H56. The molecule has 27 heavy (non-hydrogen) atoms. The van der Waals surface area contributed by atoms with Crippen molar-refractivity contribution in [3.63, 3.8) is 0 Å². The van der Waals surface area contributed by atoms with Crippen molar-refractivity contribution in [2.24, 2.45) is 17.8 Å². The van der Waals surface area contributed by atoms with Crippen LogP contribution in [0.25, 0.3) is 0 Å². The monoisotopic (exact) mass is 380 g/mol. The second-order valence-corrected chi connectivity index (χ2v) is 7.40. The number of unbranched alkanes of at least 4 members (excludes halogenated alkanes) is 1. The summed E-state index contributed by atoms with van der Waals surface area (Å²) in [5.74, 6) is 2.38. The lowest BCUT2D eigenvalue weighted by molar-refractivity contribution is 0.454. The van der Waals surface area contributed by atoms with Crippen LogP contribution in [0.2, 0.25) is 0 Å². The highest BCUT2D eigenvalue weighted by Crippen LogP contribution is 2.20. The number of hydrogen-bond acceptors (Lipinski definition) is 0. The smallest absolute Gasteiger partial charge is 0.0196 e. The number of allylic oxidation sites excluding steroid dienone is 4. The molecule has 0 heteroatoms. The summed E-state index contributed by atoms with van der Waals surface area (Å²) in [5.41, 5.74) is 2.31. The normalized spacial score (nSPS) is 13.0. The molecule has 0 aliphatic heterocycles. The fraction of sp³-hybridized carbons (Fsp3) is 0.778. The fourth-order valence-electron chi connectivity index (χ4n) is 2.09. The molecule has 3 unspecified atom stereocenters. The number of rotatable bonds is 11. The molecule has 3 atom stereocenters. The zero-order chi connectivity index (χ0) is 22.3. The molecule has 0 aliphatic carbocycles. The van der Waals surface area contributed by atoms with E-state index in [-0.39, 0.29) is 0 Å². The summed E-state index contributed by atoms with van der Waals surface area (Å²) in [5, 5.41) is 0. The Morgan fingerprint density at radius 3 is 1.56 bits per heavy atom. The molecule has 0 aliphatic rings. The predicted molar refractivity (Wildman–Crippen MR) is 133 cm³/mol. The molecule has 0 saturated carbocycles. The summed E-state index contributed by atoms with van der Waals surface area (Å²) in [7, 11) is 0. The quantitative estimate of drug-likeness (QED) is 0.313. The Kier molecular flexibility index (Phi) is 34.3. The van der Waals surface area contributed by atoms with E-state index in [0.29, 0.717) is 5.92 Å². The second-order valence-electron chi connectivity index (χ2n) is 7.40. The maximum absolute atomic E-state index is 4.10. The third-order valence-corrected chi connectivity index (χ3v) is 4.75. The van der Waals surface area contributed by atoms with Crippen LogP contribution in [0.3, 0.4) is 0 Å². The van der Waals surface area contributed by atoms with Gasteiger partial charge in [-0.25, -0.2) is 0 Å². The zero-order valence-electron chi connectivity index (χ0n) is 21.3. The third kappa shape index (κ3) is 30.2. The molecule has 0 aromatic rings. The Morgan fingerprint density at radius 1 is 0.741 bits per heavy atom. The van der Waals surface area contributed by atoms with Gasteiger partial charge in [0.25, 0.3) is 0 Å². The van der Waals surface area contributed by atoms with Gasteiger partial charge in [-0.3, -0.25) is 0 Å². The first-order valence-corrected chi connectivity index (χ1v) is 11.8. The van der Waals surface area contributed by atoms with Crippen LogP contribution >= 0.6 is 0 Å². The third-order valence-electron chi connectivity index (χ3n) is 4.75. The maximum Gasteiger partial charge on any atom is -0.0196 e. The van der Waals surface area contributed by atoms with E-state index >= 15 is 0 Å². The molecule has 0 saturated heterocycles. The Morgan fingerprint density at radius 2 is 1.19 bits per heavy atom. The van der Waals surface area contributed by atoms with Crippen molar-refractivity contribution in [3.8, 4) is 0 Å². The van der Waals surface area contributed by atoms with Gasteiger partial charge in [-0.15, -0.1) is 0 Å². The van der Waals surface area contributed by atoms with Crippen molar-refractivity contribution < 1.29 is 0 Å². The molecule has 0 radical (unpaired) electrons. The molecule has 0 N–H and O–H groups in total. The summed E-state index contributed by atoms with van der Waals surface area (Å²) in [6.07, 6.45) is 13.5. The predicted octanol–water partition coefficient (Wildman–Crippen LogP) is 10.4. The van der Waals surface area contributed by atoms with Gasteiger partial charge in [0.15, 0.2) is 0 Å². The molecule has 164 valence electrons. The van der Waals surface area contributed by atoms with Gasteiger partial charge in [0, 0.05) is 0 Å². The average molecular weight is 381 g/mol. The van der Waals surface area contributed by atoms with Crippen molar-refractivity contribution in [2.75, 3.05) is 0 Å². The second kappa shape index (κ2) is 27.4. The van der Waals surface area contributed by atoms with E-state index in [1.165, 1.54) is 50.5 Å². The Hall–Kier alpha value is -0.780. The van der Waals surface area contributed by atoms with Crippen molar-refractivity contribution in [1.29, 1.82) is 0 Å². The van der Waals surface area contributed by atoms with E-state index in [2.05, 4.69) is 60.8 Å². The summed E-state index contributed by atoms with van der Waals surface area (Å²) in [6.45, 7) is 31.6. The molecule has 0 spiro atoms. The first-order chi connectivity index (χ1) is 12.8. The molecular weight excluding hydrogens is 324 g/mol. The maximum atomic E-state index is 4.10. The largest absolute Gasteiger partial charge is 0.0961 e. The van der Waals surface area contributed by atoms with Crippen LogP contribution < -0.4 is 0 Å². The zero-order valence-corrected chi connectivity index (χ0v) is 21.3. The van der Waals surface area contributed by atoms with Crippen LogP contribution in [-0.2, 0) is 0 Å². The van der Waals surface area contributed by atoms with Crippen molar-refractivity contribution >= 4 is 0 Å². The summed E-state index contributed by atoms with van der Waals surface area (Å²) in [4.78, 5) is 0. The molecule has 0 nitrogen and oxygen atoms in total. The van der Waals surface area contributed by atoms with Crippen molar-refractivity contribution in [2.45, 2.75) is 121 Å². The van der Waals surface area contributed by atoms with Crippen molar-refractivity contribution in [3.05, 3.63) is 36.5 Å². The van der Waals surface area contributed by atoms with E-state index in [1.54, 1.807) is 0 Å². The lowest BCUT2D eigenvalue weighted by atomic mass is 9.91. The highest BCUT2D eigenvalue weighted by molar-refractivity contribution is 5.24. The van der Waals surface area contributed by atoms with E-state index in [1.807, 2.05) is 40.7 Å². The van der Waals surface area contributed by atoms with Gasteiger partial charge < -0.3 is 0 Å². The van der Waals surface area contributed by atoms with E-state index in [9.17, 15) is 0 Å². The summed E-state index contributed by atoms with van der Waals surface area (Å²) < 4.78 is 0.